The molecular formula is C15H23N3O. The van der Waals surface area contributed by atoms with Gasteiger partial charge in [-0.25, -0.2) is 0 Å². The minimum Gasteiger partial charge on any atom is -0.497 e. The fraction of sp³-hybridized carbons (Fsp3) is 0.667. The predicted octanol–water partition coefficient (Wildman–Crippen LogP) is 1.58. The summed E-state index contributed by atoms with van der Waals surface area (Å²) in [6.07, 6.45) is 2.60. The van der Waals surface area contributed by atoms with E-state index in [1.807, 2.05) is 13.0 Å². The molecule has 3 rings (SSSR count). The molecule has 2 unspecified atom stereocenters. The van der Waals surface area contributed by atoms with E-state index in [0.29, 0.717) is 0 Å². The van der Waals surface area contributed by atoms with Gasteiger partial charge in [-0.2, -0.15) is 0 Å². The van der Waals surface area contributed by atoms with E-state index in [2.05, 4.69) is 21.3 Å². The summed E-state index contributed by atoms with van der Waals surface area (Å²) in [6, 6.07) is 4.80. The Labute approximate surface area is 115 Å². The SMILES string of the molecule is COc1cc(C)nc(CN2CCC3NCCC3C2)c1. The number of aromatic nitrogens is 1. The van der Waals surface area contributed by atoms with Crippen molar-refractivity contribution in [3.63, 3.8) is 0 Å². The monoisotopic (exact) mass is 261 g/mol. The van der Waals surface area contributed by atoms with Crippen molar-refractivity contribution in [3.05, 3.63) is 23.5 Å². The summed E-state index contributed by atoms with van der Waals surface area (Å²) in [5, 5.41) is 3.61. The fourth-order valence-corrected chi connectivity index (χ4v) is 3.40. The van der Waals surface area contributed by atoms with Crippen molar-refractivity contribution in [1.82, 2.24) is 15.2 Å². The van der Waals surface area contributed by atoms with Crippen LogP contribution in [0.5, 0.6) is 5.75 Å². The molecule has 2 saturated heterocycles. The van der Waals surface area contributed by atoms with Gasteiger partial charge in [0.05, 0.1) is 12.8 Å². The molecule has 0 amide bonds. The Balaban J connectivity index is 1.66. The highest BCUT2D eigenvalue weighted by molar-refractivity contribution is 5.26. The lowest BCUT2D eigenvalue weighted by atomic mass is 9.93. The molecule has 1 aromatic rings. The third-order valence-corrected chi connectivity index (χ3v) is 4.34. The minimum absolute atomic E-state index is 0.760. The van der Waals surface area contributed by atoms with Crippen LogP contribution < -0.4 is 10.1 Å². The summed E-state index contributed by atoms with van der Waals surface area (Å²) in [5.41, 5.74) is 2.16. The van der Waals surface area contributed by atoms with E-state index in [-0.39, 0.29) is 0 Å². The van der Waals surface area contributed by atoms with Crippen molar-refractivity contribution < 1.29 is 4.74 Å². The number of pyridine rings is 1. The van der Waals surface area contributed by atoms with E-state index in [1.54, 1.807) is 7.11 Å². The molecule has 1 aromatic heterocycles. The molecule has 2 atom stereocenters. The number of fused-ring (bicyclic) bond motifs is 1. The fourth-order valence-electron chi connectivity index (χ4n) is 3.40. The minimum atomic E-state index is 0.760. The Hall–Kier alpha value is -1.13. The first-order valence-electron chi connectivity index (χ1n) is 7.22. The number of hydrogen-bond donors (Lipinski definition) is 1. The molecule has 0 radical (unpaired) electrons. The summed E-state index contributed by atoms with van der Waals surface area (Å²) >= 11 is 0. The molecule has 3 heterocycles. The van der Waals surface area contributed by atoms with E-state index in [4.69, 9.17) is 4.74 Å². The van der Waals surface area contributed by atoms with E-state index in [1.165, 1.54) is 32.5 Å². The van der Waals surface area contributed by atoms with Gasteiger partial charge in [0.2, 0.25) is 0 Å². The molecular weight excluding hydrogens is 238 g/mol. The second kappa shape index (κ2) is 5.47. The summed E-state index contributed by atoms with van der Waals surface area (Å²) < 4.78 is 5.33. The standard InChI is InChI=1S/C15H23N3O/c1-11-7-14(19-2)8-13(17-11)10-18-6-4-15-12(9-18)3-5-16-15/h7-8,12,15-16H,3-6,9-10H2,1-2H3. The number of likely N-dealkylation sites (tertiary alicyclic amines) is 1. The van der Waals surface area contributed by atoms with Crippen LogP contribution in [0.4, 0.5) is 0 Å². The molecule has 2 aliphatic rings. The average molecular weight is 261 g/mol. The topological polar surface area (TPSA) is 37.4 Å². The first-order chi connectivity index (χ1) is 9.24. The van der Waals surface area contributed by atoms with Crippen LogP contribution in [0, 0.1) is 12.8 Å². The molecule has 2 aliphatic heterocycles. The van der Waals surface area contributed by atoms with Crippen molar-refractivity contribution in [2.45, 2.75) is 32.4 Å². The van der Waals surface area contributed by atoms with Gasteiger partial charge in [0.15, 0.2) is 0 Å². The number of piperidine rings is 1. The maximum absolute atomic E-state index is 5.33. The van der Waals surface area contributed by atoms with E-state index in [0.717, 1.165) is 35.6 Å². The number of nitrogens with one attached hydrogen (secondary N) is 1. The van der Waals surface area contributed by atoms with Gasteiger partial charge in [-0.05, 0) is 32.2 Å². The van der Waals surface area contributed by atoms with Gasteiger partial charge in [-0.1, -0.05) is 0 Å². The Morgan fingerprint density at radius 3 is 3.16 bits per heavy atom. The smallest absolute Gasteiger partial charge is 0.122 e. The Bertz CT molecular complexity index is 449. The molecule has 4 heteroatoms. The number of ether oxygens (including phenoxy) is 1. The lowest BCUT2D eigenvalue weighted by Gasteiger charge is -2.34. The van der Waals surface area contributed by atoms with Crippen LogP contribution in [0.3, 0.4) is 0 Å². The Kier molecular flexibility index (Phi) is 3.71. The summed E-state index contributed by atoms with van der Waals surface area (Å²) in [4.78, 5) is 7.16. The van der Waals surface area contributed by atoms with Crippen LogP contribution in [-0.2, 0) is 6.54 Å². The molecule has 2 fully saturated rings. The molecule has 0 aromatic carbocycles. The van der Waals surface area contributed by atoms with Gasteiger partial charge in [0, 0.05) is 43.5 Å². The highest BCUT2D eigenvalue weighted by atomic mass is 16.5. The first-order valence-corrected chi connectivity index (χ1v) is 7.22. The number of aryl methyl sites for hydroxylation is 1. The van der Waals surface area contributed by atoms with Crippen molar-refractivity contribution in [3.8, 4) is 5.75 Å². The second-order valence-electron chi connectivity index (χ2n) is 5.77. The van der Waals surface area contributed by atoms with Gasteiger partial charge < -0.3 is 10.1 Å². The number of methoxy groups -OCH3 is 1. The maximum Gasteiger partial charge on any atom is 0.122 e. The molecule has 0 bridgehead atoms. The number of hydrogen-bond acceptors (Lipinski definition) is 4. The Morgan fingerprint density at radius 2 is 2.32 bits per heavy atom. The predicted molar refractivity (Wildman–Crippen MR) is 75.3 cm³/mol. The molecule has 1 N–H and O–H groups in total. The van der Waals surface area contributed by atoms with Crippen molar-refractivity contribution >= 4 is 0 Å². The van der Waals surface area contributed by atoms with E-state index in [9.17, 15) is 0 Å². The number of rotatable bonds is 3. The molecule has 0 spiro atoms. The number of nitrogens with zero attached hydrogens (tertiary/aromatic N) is 2. The zero-order chi connectivity index (χ0) is 13.2. The van der Waals surface area contributed by atoms with Crippen LogP contribution in [0.25, 0.3) is 0 Å². The lowest BCUT2D eigenvalue weighted by Crippen LogP contribution is -2.44. The molecule has 19 heavy (non-hydrogen) atoms. The third kappa shape index (κ3) is 2.90. The maximum atomic E-state index is 5.33. The van der Waals surface area contributed by atoms with Gasteiger partial charge >= 0.3 is 0 Å². The summed E-state index contributed by atoms with van der Waals surface area (Å²) in [5.74, 6) is 1.75. The quantitative estimate of drug-likeness (QED) is 0.896. The highest BCUT2D eigenvalue weighted by Crippen LogP contribution is 2.25. The van der Waals surface area contributed by atoms with Crippen LogP contribution in [-0.4, -0.2) is 42.7 Å². The molecule has 0 aliphatic carbocycles. The lowest BCUT2D eigenvalue weighted by molar-refractivity contribution is 0.154. The van der Waals surface area contributed by atoms with Crippen LogP contribution in [0.2, 0.25) is 0 Å². The largest absolute Gasteiger partial charge is 0.497 e. The second-order valence-corrected chi connectivity index (χ2v) is 5.77. The third-order valence-electron chi connectivity index (χ3n) is 4.34. The van der Waals surface area contributed by atoms with E-state index < -0.39 is 0 Å². The molecule has 0 saturated carbocycles. The first kappa shape index (κ1) is 12.9. The Morgan fingerprint density at radius 1 is 1.42 bits per heavy atom. The van der Waals surface area contributed by atoms with Crippen LogP contribution >= 0.6 is 0 Å². The van der Waals surface area contributed by atoms with Crippen LogP contribution in [0.15, 0.2) is 12.1 Å². The van der Waals surface area contributed by atoms with Crippen molar-refractivity contribution in [2.75, 3.05) is 26.7 Å². The zero-order valence-electron chi connectivity index (χ0n) is 11.9. The van der Waals surface area contributed by atoms with Crippen molar-refractivity contribution in [2.24, 2.45) is 5.92 Å². The average Bonchev–Trinajstić information content (AvgIpc) is 2.85. The molecule has 4 nitrogen and oxygen atoms in total. The normalized spacial score (nSPS) is 27.3. The van der Waals surface area contributed by atoms with Gasteiger partial charge in [-0.3, -0.25) is 9.88 Å². The molecule has 104 valence electrons. The summed E-state index contributed by atoms with van der Waals surface area (Å²) in [7, 11) is 1.72. The van der Waals surface area contributed by atoms with Crippen LogP contribution in [0.1, 0.15) is 24.2 Å². The van der Waals surface area contributed by atoms with Gasteiger partial charge in [0.1, 0.15) is 5.75 Å². The van der Waals surface area contributed by atoms with E-state index >= 15 is 0 Å². The zero-order valence-corrected chi connectivity index (χ0v) is 11.9. The van der Waals surface area contributed by atoms with Gasteiger partial charge in [0.25, 0.3) is 0 Å². The van der Waals surface area contributed by atoms with Crippen molar-refractivity contribution in [1.29, 1.82) is 0 Å². The van der Waals surface area contributed by atoms with Gasteiger partial charge in [-0.15, -0.1) is 0 Å². The summed E-state index contributed by atoms with van der Waals surface area (Å²) in [6.45, 7) is 6.54. The highest BCUT2D eigenvalue weighted by Gasteiger charge is 2.32.